The van der Waals surface area contributed by atoms with Crippen LogP contribution in [-0.4, -0.2) is 5.91 Å². The molecule has 0 atom stereocenters. The third-order valence-electron chi connectivity index (χ3n) is 2.62. The molecule has 1 amide bonds. The molecule has 1 aromatic carbocycles. The van der Waals surface area contributed by atoms with Crippen LogP contribution in [0.25, 0.3) is 0 Å². The highest BCUT2D eigenvalue weighted by molar-refractivity contribution is 7.12. The van der Waals surface area contributed by atoms with E-state index in [2.05, 4.69) is 5.43 Å². The third kappa shape index (κ3) is 2.91. The van der Waals surface area contributed by atoms with E-state index in [9.17, 15) is 9.18 Å². The van der Waals surface area contributed by atoms with Crippen LogP contribution in [0.5, 0.6) is 5.75 Å². The Morgan fingerprint density at radius 1 is 1.47 bits per heavy atom. The van der Waals surface area contributed by atoms with Gasteiger partial charge >= 0.3 is 0 Å². The average Bonchev–Trinajstić information content (AvgIpc) is 2.88. The first-order chi connectivity index (χ1) is 9.13. The Balaban J connectivity index is 2.13. The lowest BCUT2D eigenvalue weighted by atomic mass is 10.2. The number of hydrogen-bond donors (Lipinski definition) is 2. The van der Waals surface area contributed by atoms with Crippen molar-refractivity contribution in [2.75, 3.05) is 0 Å². The molecular weight excluding hydrogens is 267 g/mol. The molecular formula is C13H13FN2O2S. The minimum Gasteiger partial charge on any atom is -0.486 e. The van der Waals surface area contributed by atoms with Gasteiger partial charge in [-0.25, -0.2) is 10.2 Å². The SMILES string of the molecule is Cc1cccc(OCc2ccsc2C(=O)NN)c1F. The van der Waals surface area contributed by atoms with E-state index in [-0.39, 0.29) is 24.1 Å². The first kappa shape index (κ1) is 13.5. The Morgan fingerprint density at radius 3 is 3.00 bits per heavy atom. The molecule has 0 aliphatic heterocycles. The smallest absolute Gasteiger partial charge is 0.275 e. The minimum absolute atomic E-state index is 0.118. The Bertz CT molecular complexity index is 598. The molecule has 1 aromatic heterocycles. The van der Waals surface area contributed by atoms with Crippen LogP contribution in [0.1, 0.15) is 20.8 Å². The first-order valence-corrected chi connectivity index (χ1v) is 6.46. The predicted octanol–water partition coefficient (Wildman–Crippen LogP) is 2.38. The molecule has 3 N–H and O–H groups in total. The molecule has 0 fully saturated rings. The second kappa shape index (κ2) is 5.81. The van der Waals surface area contributed by atoms with Crippen LogP contribution in [0.4, 0.5) is 4.39 Å². The van der Waals surface area contributed by atoms with Gasteiger partial charge in [0.25, 0.3) is 5.91 Å². The summed E-state index contributed by atoms with van der Waals surface area (Å²) in [6.07, 6.45) is 0. The summed E-state index contributed by atoms with van der Waals surface area (Å²) in [6, 6.07) is 6.69. The fourth-order valence-corrected chi connectivity index (χ4v) is 2.41. The quantitative estimate of drug-likeness (QED) is 0.513. The second-order valence-corrected chi connectivity index (χ2v) is 4.84. The molecule has 0 aliphatic carbocycles. The molecule has 4 nitrogen and oxygen atoms in total. The zero-order chi connectivity index (χ0) is 13.8. The molecule has 2 rings (SSSR count). The number of nitrogen functional groups attached to an aromatic ring is 1. The number of amides is 1. The molecule has 0 radical (unpaired) electrons. The standard InChI is InChI=1S/C13H13FN2O2S/c1-8-3-2-4-10(11(8)14)18-7-9-5-6-19-12(9)13(17)16-15/h2-6H,7,15H2,1H3,(H,16,17). The van der Waals surface area contributed by atoms with Gasteiger partial charge in [-0.2, -0.15) is 0 Å². The number of halogens is 1. The highest BCUT2D eigenvalue weighted by Crippen LogP contribution is 2.23. The summed E-state index contributed by atoms with van der Waals surface area (Å²) in [5.41, 5.74) is 3.26. The van der Waals surface area contributed by atoms with Crippen LogP contribution in [0.15, 0.2) is 29.6 Å². The van der Waals surface area contributed by atoms with Gasteiger partial charge in [0, 0.05) is 5.56 Å². The van der Waals surface area contributed by atoms with Crippen molar-refractivity contribution in [3.05, 3.63) is 51.5 Å². The van der Waals surface area contributed by atoms with Gasteiger partial charge in [-0.05, 0) is 30.0 Å². The summed E-state index contributed by atoms with van der Waals surface area (Å²) in [7, 11) is 0. The van der Waals surface area contributed by atoms with Crippen molar-refractivity contribution < 1.29 is 13.9 Å². The van der Waals surface area contributed by atoms with Crippen LogP contribution in [0, 0.1) is 12.7 Å². The van der Waals surface area contributed by atoms with Gasteiger partial charge in [0.2, 0.25) is 0 Å². The van der Waals surface area contributed by atoms with Crippen molar-refractivity contribution in [3.63, 3.8) is 0 Å². The number of benzene rings is 1. The van der Waals surface area contributed by atoms with Crippen molar-refractivity contribution in [3.8, 4) is 5.75 Å². The van der Waals surface area contributed by atoms with E-state index in [1.165, 1.54) is 11.3 Å². The van der Waals surface area contributed by atoms with E-state index in [0.29, 0.717) is 16.0 Å². The molecule has 19 heavy (non-hydrogen) atoms. The van der Waals surface area contributed by atoms with Gasteiger partial charge in [0.15, 0.2) is 11.6 Å². The number of thiophene rings is 1. The number of nitrogens with two attached hydrogens (primary N) is 1. The number of hydrazine groups is 1. The van der Waals surface area contributed by atoms with Gasteiger partial charge in [0.1, 0.15) is 6.61 Å². The summed E-state index contributed by atoms with van der Waals surface area (Å²) < 4.78 is 19.1. The summed E-state index contributed by atoms with van der Waals surface area (Å²) in [6.45, 7) is 1.78. The predicted molar refractivity (Wildman–Crippen MR) is 71.4 cm³/mol. The summed E-state index contributed by atoms with van der Waals surface area (Å²) in [5, 5.41) is 1.76. The molecule has 0 saturated heterocycles. The van der Waals surface area contributed by atoms with Crippen LogP contribution in [0.3, 0.4) is 0 Å². The van der Waals surface area contributed by atoms with Gasteiger partial charge in [-0.3, -0.25) is 10.2 Å². The fraction of sp³-hybridized carbons (Fsp3) is 0.154. The largest absolute Gasteiger partial charge is 0.486 e. The normalized spacial score (nSPS) is 10.3. The van der Waals surface area contributed by atoms with Crippen molar-refractivity contribution in [1.29, 1.82) is 0 Å². The van der Waals surface area contributed by atoms with Crippen molar-refractivity contribution in [2.24, 2.45) is 5.84 Å². The van der Waals surface area contributed by atoms with Crippen LogP contribution >= 0.6 is 11.3 Å². The third-order valence-corrected chi connectivity index (χ3v) is 3.58. The Hall–Kier alpha value is -1.92. The molecule has 0 saturated carbocycles. The number of hydrogen-bond acceptors (Lipinski definition) is 4. The Morgan fingerprint density at radius 2 is 2.26 bits per heavy atom. The highest BCUT2D eigenvalue weighted by Gasteiger charge is 2.13. The lowest BCUT2D eigenvalue weighted by Crippen LogP contribution is -2.30. The minimum atomic E-state index is -0.387. The Kier molecular flexibility index (Phi) is 4.13. The van der Waals surface area contributed by atoms with E-state index in [1.54, 1.807) is 36.6 Å². The number of aryl methyl sites for hydroxylation is 1. The average molecular weight is 280 g/mol. The molecule has 0 unspecified atom stereocenters. The van der Waals surface area contributed by atoms with Gasteiger partial charge in [-0.1, -0.05) is 12.1 Å². The number of ether oxygens (including phenoxy) is 1. The summed E-state index contributed by atoms with van der Waals surface area (Å²) >= 11 is 1.26. The molecule has 1 heterocycles. The van der Waals surface area contributed by atoms with Gasteiger partial charge in [-0.15, -0.1) is 11.3 Å². The zero-order valence-electron chi connectivity index (χ0n) is 10.3. The number of nitrogens with one attached hydrogen (secondary N) is 1. The number of carbonyl (C=O) groups is 1. The van der Waals surface area contributed by atoms with Crippen molar-refractivity contribution in [2.45, 2.75) is 13.5 Å². The lowest BCUT2D eigenvalue weighted by molar-refractivity contribution is 0.0955. The maximum atomic E-state index is 13.7. The van der Waals surface area contributed by atoms with Crippen molar-refractivity contribution >= 4 is 17.2 Å². The van der Waals surface area contributed by atoms with E-state index in [1.807, 2.05) is 0 Å². The van der Waals surface area contributed by atoms with E-state index in [4.69, 9.17) is 10.6 Å². The van der Waals surface area contributed by atoms with Crippen LogP contribution in [0.2, 0.25) is 0 Å². The Labute approximate surface area is 114 Å². The topological polar surface area (TPSA) is 64.3 Å². The number of rotatable bonds is 4. The lowest BCUT2D eigenvalue weighted by Gasteiger charge is -2.08. The molecule has 2 aromatic rings. The van der Waals surface area contributed by atoms with Gasteiger partial charge in [0.05, 0.1) is 4.88 Å². The highest BCUT2D eigenvalue weighted by atomic mass is 32.1. The van der Waals surface area contributed by atoms with Crippen LogP contribution < -0.4 is 16.0 Å². The molecule has 0 spiro atoms. The van der Waals surface area contributed by atoms with E-state index >= 15 is 0 Å². The first-order valence-electron chi connectivity index (χ1n) is 5.58. The van der Waals surface area contributed by atoms with Crippen LogP contribution in [-0.2, 0) is 6.61 Å². The maximum absolute atomic E-state index is 13.7. The second-order valence-electron chi connectivity index (χ2n) is 3.92. The van der Waals surface area contributed by atoms with Gasteiger partial charge < -0.3 is 4.74 Å². The maximum Gasteiger partial charge on any atom is 0.275 e. The zero-order valence-corrected chi connectivity index (χ0v) is 11.1. The van der Waals surface area contributed by atoms with E-state index < -0.39 is 0 Å². The summed E-state index contributed by atoms with van der Waals surface area (Å²) in [4.78, 5) is 11.9. The number of carbonyl (C=O) groups excluding carboxylic acids is 1. The molecule has 6 heteroatoms. The van der Waals surface area contributed by atoms with Crippen molar-refractivity contribution in [1.82, 2.24) is 5.43 Å². The molecule has 100 valence electrons. The molecule has 0 bridgehead atoms. The monoisotopic (exact) mass is 280 g/mol. The summed E-state index contributed by atoms with van der Waals surface area (Å²) in [5.74, 6) is 4.50. The molecule has 0 aliphatic rings. The fourth-order valence-electron chi connectivity index (χ4n) is 1.60. The van der Waals surface area contributed by atoms with E-state index in [0.717, 1.165) is 0 Å².